The number of ether oxygens (including phenoxy) is 2. The van der Waals surface area contributed by atoms with Gasteiger partial charge in [-0.25, -0.2) is 9.59 Å². The van der Waals surface area contributed by atoms with E-state index in [2.05, 4.69) is 0 Å². The van der Waals surface area contributed by atoms with Gasteiger partial charge in [-0.05, 0) is 19.3 Å². The maximum atomic E-state index is 11.8. The molecule has 0 aromatic rings. The summed E-state index contributed by atoms with van der Waals surface area (Å²) in [7, 11) is 0. The van der Waals surface area contributed by atoms with Crippen LogP contribution in [0.4, 0.5) is 0 Å². The zero-order valence-corrected chi connectivity index (χ0v) is 12.7. The van der Waals surface area contributed by atoms with Crippen molar-refractivity contribution in [1.82, 2.24) is 0 Å². The zero-order chi connectivity index (χ0) is 14.7. The van der Waals surface area contributed by atoms with Gasteiger partial charge in [0.15, 0.2) is 0 Å². The van der Waals surface area contributed by atoms with Crippen LogP contribution in [0, 0.1) is 0 Å². The van der Waals surface area contributed by atoms with Crippen LogP contribution in [0.25, 0.3) is 0 Å². The molecule has 0 heterocycles. The lowest BCUT2D eigenvalue weighted by molar-refractivity contribution is -0.142. The van der Waals surface area contributed by atoms with Gasteiger partial charge >= 0.3 is 11.9 Å². The van der Waals surface area contributed by atoms with Gasteiger partial charge in [-0.15, -0.1) is 0 Å². The summed E-state index contributed by atoms with van der Waals surface area (Å²) in [5.41, 5.74) is 0.180. The van der Waals surface area contributed by atoms with Gasteiger partial charge in [-0.3, -0.25) is 0 Å². The monoisotopic (exact) mass is 290 g/mol. The summed E-state index contributed by atoms with van der Waals surface area (Å²) in [5, 5.41) is -0.167. The summed E-state index contributed by atoms with van der Waals surface area (Å²) < 4.78 is 10.0. The van der Waals surface area contributed by atoms with Gasteiger partial charge in [0, 0.05) is 0 Å². The van der Waals surface area contributed by atoms with Crippen LogP contribution in [0.2, 0.25) is 0 Å². The SMILES string of the molecule is CCCCOC(=O)/C(Cl)=C(/CC)C(=O)OCCCC. The first-order valence-corrected chi connectivity index (χ1v) is 7.19. The molecule has 0 N–H and O–H groups in total. The third-order valence-corrected chi connectivity index (χ3v) is 2.89. The van der Waals surface area contributed by atoms with Crippen LogP contribution in [0.15, 0.2) is 10.6 Å². The number of rotatable bonds is 9. The topological polar surface area (TPSA) is 52.6 Å². The molecule has 0 aliphatic heterocycles. The van der Waals surface area contributed by atoms with Crippen LogP contribution in [-0.2, 0) is 19.1 Å². The second-order valence-corrected chi connectivity index (χ2v) is 4.50. The Labute approximate surface area is 120 Å². The lowest BCUT2D eigenvalue weighted by Crippen LogP contribution is -2.14. The van der Waals surface area contributed by atoms with Gasteiger partial charge in [0.05, 0.1) is 18.8 Å². The molecule has 0 saturated heterocycles. The molecule has 0 amide bonds. The molecule has 0 saturated carbocycles. The Morgan fingerprint density at radius 1 is 0.895 bits per heavy atom. The summed E-state index contributed by atoms with van der Waals surface area (Å²) >= 11 is 5.89. The van der Waals surface area contributed by atoms with E-state index in [1.807, 2.05) is 13.8 Å². The molecule has 0 atom stereocenters. The van der Waals surface area contributed by atoms with E-state index in [1.165, 1.54) is 0 Å². The lowest BCUT2D eigenvalue weighted by atomic mass is 10.2. The van der Waals surface area contributed by atoms with Crippen molar-refractivity contribution < 1.29 is 19.1 Å². The van der Waals surface area contributed by atoms with Gasteiger partial charge in [0.2, 0.25) is 0 Å². The van der Waals surface area contributed by atoms with Crippen molar-refractivity contribution in [3.8, 4) is 0 Å². The Bertz CT molecular complexity index is 323. The average Bonchev–Trinajstić information content (AvgIpc) is 2.39. The second kappa shape index (κ2) is 10.9. The summed E-state index contributed by atoms with van der Waals surface area (Å²) in [6.07, 6.45) is 3.77. The van der Waals surface area contributed by atoms with Gasteiger partial charge < -0.3 is 9.47 Å². The van der Waals surface area contributed by atoms with E-state index >= 15 is 0 Å². The number of carbonyl (C=O) groups excluding carboxylic acids is 2. The summed E-state index contributed by atoms with van der Waals surface area (Å²) in [6, 6.07) is 0. The van der Waals surface area contributed by atoms with E-state index in [9.17, 15) is 9.59 Å². The number of hydrogen-bond donors (Lipinski definition) is 0. The van der Waals surface area contributed by atoms with Crippen molar-refractivity contribution >= 4 is 23.5 Å². The molecular weight excluding hydrogens is 268 g/mol. The summed E-state index contributed by atoms with van der Waals surface area (Å²) in [6.45, 7) is 6.40. The Morgan fingerprint density at radius 3 is 1.79 bits per heavy atom. The largest absolute Gasteiger partial charge is 0.462 e. The highest BCUT2D eigenvalue weighted by atomic mass is 35.5. The lowest BCUT2D eigenvalue weighted by Gasteiger charge is -2.09. The fourth-order valence-electron chi connectivity index (χ4n) is 1.28. The number of unbranched alkanes of at least 4 members (excludes halogenated alkanes) is 2. The first-order valence-electron chi connectivity index (χ1n) is 6.81. The molecule has 0 radical (unpaired) electrons. The number of halogens is 1. The molecule has 0 aromatic heterocycles. The first kappa shape index (κ1) is 18.0. The quantitative estimate of drug-likeness (QED) is 0.370. The Balaban J connectivity index is 4.54. The maximum absolute atomic E-state index is 11.8. The van der Waals surface area contributed by atoms with Gasteiger partial charge in [-0.2, -0.15) is 0 Å². The smallest absolute Gasteiger partial charge is 0.350 e. The van der Waals surface area contributed by atoms with Crippen LogP contribution in [0.3, 0.4) is 0 Å². The molecule has 0 aliphatic rings. The van der Waals surface area contributed by atoms with Crippen LogP contribution in [0.5, 0.6) is 0 Å². The molecule has 110 valence electrons. The van der Waals surface area contributed by atoms with Gasteiger partial charge in [0.25, 0.3) is 0 Å². The van der Waals surface area contributed by atoms with Crippen molar-refractivity contribution in [3.63, 3.8) is 0 Å². The zero-order valence-electron chi connectivity index (χ0n) is 12.0. The molecule has 0 aromatic carbocycles. The van der Waals surface area contributed by atoms with Crippen LogP contribution >= 0.6 is 11.6 Å². The van der Waals surface area contributed by atoms with Crippen LogP contribution in [-0.4, -0.2) is 25.2 Å². The molecule has 4 nitrogen and oxygen atoms in total. The summed E-state index contributed by atoms with van der Waals surface area (Å²) in [5.74, 6) is -1.19. The van der Waals surface area contributed by atoms with Crippen LogP contribution in [0.1, 0.15) is 52.9 Å². The fraction of sp³-hybridized carbons (Fsp3) is 0.714. The van der Waals surface area contributed by atoms with E-state index in [0.29, 0.717) is 19.6 Å². The molecule has 0 rings (SSSR count). The highest BCUT2D eigenvalue weighted by Crippen LogP contribution is 2.17. The number of esters is 2. The predicted molar refractivity (Wildman–Crippen MR) is 74.9 cm³/mol. The maximum Gasteiger partial charge on any atom is 0.350 e. The first-order chi connectivity index (χ1) is 9.08. The van der Waals surface area contributed by atoms with Crippen molar-refractivity contribution in [2.45, 2.75) is 52.9 Å². The summed E-state index contributed by atoms with van der Waals surface area (Å²) in [4.78, 5) is 23.4. The van der Waals surface area contributed by atoms with Gasteiger partial charge in [0.1, 0.15) is 5.03 Å². The Hall–Kier alpha value is -1.03. The second-order valence-electron chi connectivity index (χ2n) is 4.13. The van der Waals surface area contributed by atoms with Crippen molar-refractivity contribution in [3.05, 3.63) is 10.6 Å². The van der Waals surface area contributed by atoms with Gasteiger partial charge in [-0.1, -0.05) is 45.2 Å². The third kappa shape index (κ3) is 7.21. The minimum Gasteiger partial charge on any atom is -0.462 e. The average molecular weight is 291 g/mol. The molecule has 0 bridgehead atoms. The molecule has 0 aliphatic carbocycles. The normalized spacial score (nSPS) is 11.8. The molecule has 0 spiro atoms. The van der Waals surface area contributed by atoms with Crippen molar-refractivity contribution in [2.75, 3.05) is 13.2 Å². The predicted octanol–water partition coefficient (Wildman–Crippen LogP) is 3.58. The molecule has 19 heavy (non-hydrogen) atoms. The van der Waals surface area contributed by atoms with E-state index in [0.717, 1.165) is 25.7 Å². The minimum atomic E-state index is -0.653. The fourth-order valence-corrected chi connectivity index (χ4v) is 1.55. The molecular formula is C14H23ClO4. The Morgan fingerprint density at radius 2 is 1.37 bits per heavy atom. The van der Waals surface area contributed by atoms with E-state index < -0.39 is 11.9 Å². The van der Waals surface area contributed by atoms with E-state index in [-0.39, 0.29) is 10.6 Å². The van der Waals surface area contributed by atoms with Crippen LogP contribution < -0.4 is 0 Å². The van der Waals surface area contributed by atoms with Crippen molar-refractivity contribution in [2.24, 2.45) is 0 Å². The van der Waals surface area contributed by atoms with E-state index in [1.54, 1.807) is 6.92 Å². The molecule has 0 unspecified atom stereocenters. The number of hydrogen-bond acceptors (Lipinski definition) is 4. The highest BCUT2D eigenvalue weighted by Gasteiger charge is 2.20. The highest BCUT2D eigenvalue weighted by molar-refractivity contribution is 6.43. The standard InChI is InChI=1S/C14H23ClO4/c1-4-7-9-18-13(16)11(6-3)12(15)14(17)19-10-8-5-2/h4-10H2,1-3H3/b12-11+. The van der Waals surface area contributed by atoms with Crippen molar-refractivity contribution in [1.29, 1.82) is 0 Å². The Kier molecular flexibility index (Phi) is 10.3. The van der Waals surface area contributed by atoms with E-state index in [4.69, 9.17) is 21.1 Å². The minimum absolute atomic E-state index is 0.167. The number of carbonyl (C=O) groups is 2. The third-order valence-electron chi connectivity index (χ3n) is 2.51. The molecule has 0 fully saturated rings. The molecule has 5 heteroatoms.